The van der Waals surface area contributed by atoms with Crippen LogP contribution in [-0.2, 0) is 11.3 Å². The number of fused-ring (bicyclic) bond motifs is 1. The zero-order chi connectivity index (χ0) is 19.6. The molecule has 0 radical (unpaired) electrons. The summed E-state index contributed by atoms with van der Waals surface area (Å²) >= 11 is 0. The number of nitrogens with two attached hydrogens (primary N) is 1. The number of carbonyl (C=O) groups is 1. The van der Waals surface area contributed by atoms with E-state index in [9.17, 15) is 18.0 Å². The summed E-state index contributed by atoms with van der Waals surface area (Å²) in [6.07, 6.45) is 2.17. The van der Waals surface area contributed by atoms with E-state index in [1.807, 2.05) is 0 Å². The van der Waals surface area contributed by atoms with Crippen molar-refractivity contribution in [2.75, 3.05) is 18.5 Å². The Balaban J connectivity index is 2.04. The third-order valence-corrected chi connectivity index (χ3v) is 4.40. The number of allylic oxidation sites excluding steroid dienone is 1. The fraction of sp³-hybridized carbons (Fsp3) is 0.438. The van der Waals surface area contributed by atoms with Crippen molar-refractivity contribution < 1.29 is 22.7 Å². The minimum atomic E-state index is -2.86. The number of ether oxygens (including phenoxy) is 1. The lowest BCUT2D eigenvalue weighted by Gasteiger charge is -2.30. The van der Waals surface area contributed by atoms with E-state index in [0.717, 1.165) is 12.4 Å². The first-order chi connectivity index (χ1) is 12.9. The minimum absolute atomic E-state index is 0.0579. The quantitative estimate of drug-likeness (QED) is 0.365. The van der Waals surface area contributed by atoms with Crippen molar-refractivity contribution in [3.05, 3.63) is 28.8 Å². The van der Waals surface area contributed by atoms with Crippen LogP contribution in [0.3, 0.4) is 0 Å². The standard InChI is InChI=1S/C16H19F3N6O2/c17-12-8-5-22-15(26)11(8)13(7(3-20)4-23-16(18)19)25-14(12)24-10-1-2-27-6-9(10)21/h3-4,9-10,16,20,23H,1-2,5-6,21H2,(H,22,26)(H,24,25)/b7-4+,20-3?/t9-,10?/m0/s1. The Labute approximate surface area is 152 Å². The number of rotatable bonds is 6. The van der Waals surface area contributed by atoms with Crippen molar-refractivity contribution in [1.82, 2.24) is 15.6 Å². The maximum atomic E-state index is 14.9. The summed E-state index contributed by atoms with van der Waals surface area (Å²) < 4.78 is 45.1. The van der Waals surface area contributed by atoms with Gasteiger partial charge in [-0.15, -0.1) is 0 Å². The fourth-order valence-corrected chi connectivity index (χ4v) is 3.03. The molecule has 1 saturated heterocycles. The van der Waals surface area contributed by atoms with E-state index in [1.165, 1.54) is 0 Å². The van der Waals surface area contributed by atoms with E-state index >= 15 is 0 Å². The fourth-order valence-electron chi connectivity index (χ4n) is 3.03. The Bertz CT molecular complexity index is 786. The minimum Gasteiger partial charge on any atom is -0.380 e. The van der Waals surface area contributed by atoms with Gasteiger partial charge in [-0.3, -0.25) is 4.79 Å². The first kappa shape index (κ1) is 19.1. The summed E-state index contributed by atoms with van der Waals surface area (Å²) in [7, 11) is 0. The normalized spacial score (nSPS) is 22.4. The molecule has 146 valence electrons. The number of nitrogens with one attached hydrogen (secondary N) is 4. The zero-order valence-corrected chi connectivity index (χ0v) is 14.2. The van der Waals surface area contributed by atoms with Crippen LogP contribution in [0.5, 0.6) is 0 Å². The molecule has 0 aromatic carbocycles. The van der Waals surface area contributed by atoms with E-state index in [2.05, 4.69) is 15.6 Å². The summed E-state index contributed by atoms with van der Waals surface area (Å²) in [6, 6.07) is -0.682. The Morgan fingerprint density at radius 2 is 2.26 bits per heavy atom. The van der Waals surface area contributed by atoms with E-state index in [1.54, 1.807) is 5.32 Å². The molecule has 2 atom stereocenters. The summed E-state index contributed by atoms with van der Waals surface area (Å²) in [4.78, 5) is 16.2. The lowest BCUT2D eigenvalue weighted by molar-refractivity contribution is 0.0751. The number of amides is 1. The second-order valence-corrected chi connectivity index (χ2v) is 6.15. The van der Waals surface area contributed by atoms with Gasteiger partial charge < -0.3 is 31.8 Å². The van der Waals surface area contributed by atoms with Gasteiger partial charge in [0, 0.05) is 48.8 Å². The van der Waals surface area contributed by atoms with Crippen molar-refractivity contribution in [1.29, 1.82) is 5.41 Å². The molecule has 0 bridgehead atoms. The number of hydrogen-bond donors (Lipinski definition) is 5. The smallest absolute Gasteiger partial charge is 0.312 e. The number of halogens is 3. The van der Waals surface area contributed by atoms with Crippen molar-refractivity contribution in [2.24, 2.45) is 5.73 Å². The number of aromatic nitrogens is 1. The molecule has 0 saturated carbocycles. The van der Waals surface area contributed by atoms with Crippen LogP contribution in [0, 0.1) is 11.2 Å². The van der Waals surface area contributed by atoms with Crippen molar-refractivity contribution >= 4 is 23.5 Å². The van der Waals surface area contributed by atoms with Crippen molar-refractivity contribution in [2.45, 2.75) is 31.6 Å². The molecule has 3 heterocycles. The van der Waals surface area contributed by atoms with Gasteiger partial charge in [-0.2, -0.15) is 8.78 Å². The van der Waals surface area contributed by atoms with Crippen LogP contribution in [0.15, 0.2) is 6.20 Å². The second-order valence-electron chi connectivity index (χ2n) is 6.15. The number of anilines is 1. The number of pyridine rings is 1. The molecule has 27 heavy (non-hydrogen) atoms. The highest BCUT2D eigenvalue weighted by Crippen LogP contribution is 2.30. The van der Waals surface area contributed by atoms with Crippen LogP contribution in [0.4, 0.5) is 19.0 Å². The predicted octanol–water partition coefficient (Wildman–Crippen LogP) is 0.795. The molecular formula is C16H19F3N6O2. The summed E-state index contributed by atoms with van der Waals surface area (Å²) in [6.45, 7) is -2.16. The van der Waals surface area contributed by atoms with Gasteiger partial charge >= 0.3 is 6.55 Å². The van der Waals surface area contributed by atoms with E-state index < -0.39 is 18.3 Å². The largest absolute Gasteiger partial charge is 0.380 e. The van der Waals surface area contributed by atoms with E-state index in [-0.39, 0.29) is 46.8 Å². The van der Waals surface area contributed by atoms with Crippen LogP contribution in [0.1, 0.15) is 28.0 Å². The van der Waals surface area contributed by atoms with Crippen LogP contribution in [0.2, 0.25) is 0 Å². The Hall–Kier alpha value is -2.66. The maximum Gasteiger partial charge on any atom is 0.312 e. The van der Waals surface area contributed by atoms with Crippen molar-refractivity contribution in [3.8, 4) is 0 Å². The highest BCUT2D eigenvalue weighted by molar-refractivity contribution is 6.13. The average molecular weight is 384 g/mol. The Kier molecular flexibility index (Phi) is 5.61. The van der Waals surface area contributed by atoms with Crippen LogP contribution in [0.25, 0.3) is 5.57 Å². The maximum absolute atomic E-state index is 14.9. The number of hydrogen-bond acceptors (Lipinski definition) is 7. The molecule has 8 nitrogen and oxygen atoms in total. The topological polar surface area (TPSA) is 125 Å². The molecule has 2 aliphatic heterocycles. The first-order valence-corrected chi connectivity index (χ1v) is 8.28. The van der Waals surface area contributed by atoms with Gasteiger partial charge in [-0.25, -0.2) is 9.37 Å². The second kappa shape index (κ2) is 7.92. The molecule has 3 rings (SSSR count). The summed E-state index contributed by atoms with van der Waals surface area (Å²) in [5, 5.41) is 14.6. The molecule has 2 aliphatic rings. The van der Waals surface area contributed by atoms with Crippen molar-refractivity contribution in [3.63, 3.8) is 0 Å². The van der Waals surface area contributed by atoms with Gasteiger partial charge in [0.25, 0.3) is 5.91 Å². The van der Waals surface area contributed by atoms with Gasteiger partial charge in [0.2, 0.25) is 0 Å². The molecule has 6 N–H and O–H groups in total. The monoisotopic (exact) mass is 384 g/mol. The SMILES string of the molecule is N=C/C(=C\NC(F)F)c1nc(NC2CCOC[C@@H]2N)c(F)c2c1C(=O)NC2. The van der Waals surface area contributed by atoms with Gasteiger partial charge in [0.1, 0.15) is 0 Å². The highest BCUT2D eigenvalue weighted by atomic mass is 19.3. The third-order valence-electron chi connectivity index (χ3n) is 4.40. The van der Waals surface area contributed by atoms with Gasteiger partial charge in [0.05, 0.1) is 17.9 Å². The Morgan fingerprint density at radius 3 is 2.93 bits per heavy atom. The third kappa shape index (κ3) is 3.88. The molecule has 1 fully saturated rings. The van der Waals surface area contributed by atoms with Gasteiger partial charge in [0.15, 0.2) is 11.6 Å². The molecule has 1 aromatic heterocycles. The van der Waals surface area contributed by atoms with E-state index in [0.29, 0.717) is 19.6 Å². The lowest BCUT2D eigenvalue weighted by atomic mass is 10.0. The summed E-state index contributed by atoms with van der Waals surface area (Å²) in [5.74, 6) is -1.44. The molecule has 1 unspecified atom stereocenters. The van der Waals surface area contributed by atoms with E-state index in [4.69, 9.17) is 15.9 Å². The number of nitrogens with zero attached hydrogens (tertiary/aromatic N) is 1. The number of alkyl halides is 2. The molecule has 1 aromatic rings. The summed E-state index contributed by atoms with van der Waals surface area (Å²) in [5.41, 5.74) is 5.83. The zero-order valence-electron chi connectivity index (χ0n) is 14.2. The van der Waals surface area contributed by atoms with Crippen LogP contribution >= 0.6 is 0 Å². The predicted molar refractivity (Wildman–Crippen MR) is 92.1 cm³/mol. The molecule has 11 heteroatoms. The van der Waals surface area contributed by atoms with Crippen LogP contribution < -0.4 is 21.7 Å². The lowest BCUT2D eigenvalue weighted by Crippen LogP contribution is -2.48. The Morgan fingerprint density at radius 1 is 1.48 bits per heavy atom. The number of carbonyl (C=O) groups excluding carboxylic acids is 1. The average Bonchev–Trinajstić information content (AvgIpc) is 3.02. The molecule has 0 aliphatic carbocycles. The molecule has 1 amide bonds. The van der Waals surface area contributed by atoms with Gasteiger partial charge in [-0.05, 0) is 6.42 Å². The van der Waals surface area contributed by atoms with Gasteiger partial charge in [-0.1, -0.05) is 0 Å². The first-order valence-electron chi connectivity index (χ1n) is 8.28. The molecule has 0 spiro atoms. The van der Waals surface area contributed by atoms with Crippen LogP contribution in [-0.4, -0.2) is 49.0 Å². The molecular weight excluding hydrogens is 365 g/mol. The highest BCUT2D eigenvalue weighted by Gasteiger charge is 2.32.